The molecule has 3 aromatic rings. The summed E-state index contributed by atoms with van der Waals surface area (Å²) >= 11 is 0. The number of hydrogen-bond donors (Lipinski definition) is 2. The van der Waals surface area contributed by atoms with Crippen molar-refractivity contribution in [3.63, 3.8) is 0 Å². The Labute approximate surface area is 169 Å². The normalized spacial score (nSPS) is 10.9. The Morgan fingerprint density at radius 2 is 1.93 bits per heavy atom. The quantitative estimate of drug-likeness (QED) is 0.612. The number of carbonyl (C=O) groups excluding carboxylic acids is 1. The van der Waals surface area contributed by atoms with Gasteiger partial charge in [0.2, 0.25) is 0 Å². The number of benzene rings is 1. The highest BCUT2D eigenvalue weighted by Gasteiger charge is 2.27. The van der Waals surface area contributed by atoms with Gasteiger partial charge in [-0.3, -0.25) is 24.0 Å². The number of furan rings is 1. The summed E-state index contributed by atoms with van der Waals surface area (Å²) in [5.74, 6) is -2.72. The van der Waals surface area contributed by atoms with Crippen LogP contribution in [0.15, 0.2) is 50.6 Å². The summed E-state index contributed by atoms with van der Waals surface area (Å²) in [6.45, 7) is 1.89. The van der Waals surface area contributed by atoms with Gasteiger partial charge >= 0.3 is 5.69 Å². The third-order valence-corrected chi connectivity index (χ3v) is 4.47. The standard InChI is InChI=1S/C20H20F2N4O4/c1-2-3-6-25-17(23)16(18(27)24-20(25)29)26(11-15-5-4-7-30-15)19(28)12-8-13(21)10-14(22)9-12/h4-5,7-10H,2-3,6,11,23H2,1H3,(H,24,27,29). The van der Waals surface area contributed by atoms with Crippen molar-refractivity contribution in [1.82, 2.24) is 9.55 Å². The van der Waals surface area contributed by atoms with E-state index in [2.05, 4.69) is 4.98 Å². The fourth-order valence-electron chi connectivity index (χ4n) is 3.02. The minimum Gasteiger partial charge on any atom is -0.467 e. The first-order valence-corrected chi connectivity index (χ1v) is 9.24. The maximum absolute atomic E-state index is 13.7. The number of anilines is 2. The van der Waals surface area contributed by atoms with E-state index in [9.17, 15) is 23.2 Å². The van der Waals surface area contributed by atoms with Gasteiger partial charge in [0.05, 0.1) is 12.8 Å². The highest BCUT2D eigenvalue weighted by molar-refractivity contribution is 6.07. The molecule has 2 aromatic heterocycles. The number of rotatable bonds is 7. The van der Waals surface area contributed by atoms with Crippen LogP contribution in [0.3, 0.4) is 0 Å². The van der Waals surface area contributed by atoms with Crippen molar-refractivity contribution in [2.24, 2.45) is 0 Å². The Morgan fingerprint density at radius 1 is 1.23 bits per heavy atom. The molecule has 0 spiro atoms. The van der Waals surface area contributed by atoms with Gasteiger partial charge in [0, 0.05) is 18.2 Å². The van der Waals surface area contributed by atoms with Crippen LogP contribution in [0, 0.1) is 11.6 Å². The van der Waals surface area contributed by atoms with E-state index >= 15 is 0 Å². The first-order valence-electron chi connectivity index (χ1n) is 9.24. The van der Waals surface area contributed by atoms with Crippen LogP contribution in [0.1, 0.15) is 35.9 Å². The minimum absolute atomic E-state index is 0.225. The molecule has 0 radical (unpaired) electrons. The summed E-state index contributed by atoms with van der Waals surface area (Å²) in [4.78, 5) is 41.0. The van der Waals surface area contributed by atoms with Gasteiger partial charge in [-0.05, 0) is 30.7 Å². The van der Waals surface area contributed by atoms with Gasteiger partial charge in [0.25, 0.3) is 11.5 Å². The number of nitrogens with two attached hydrogens (primary N) is 1. The number of nitrogens with zero attached hydrogens (tertiary/aromatic N) is 2. The molecule has 8 nitrogen and oxygen atoms in total. The number of carbonyl (C=O) groups is 1. The lowest BCUT2D eigenvalue weighted by molar-refractivity contribution is 0.0982. The molecule has 0 fully saturated rings. The molecule has 10 heteroatoms. The monoisotopic (exact) mass is 418 g/mol. The van der Waals surface area contributed by atoms with E-state index in [0.29, 0.717) is 18.2 Å². The molecule has 3 N–H and O–H groups in total. The van der Waals surface area contributed by atoms with Gasteiger partial charge in [-0.2, -0.15) is 0 Å². The second-order valence-corrected chi connectivity index (χ2v) is 6.63. The van der Waals surface area contributed by atoms with Crippen LogP contribution in [-0.4, -0.2) is 15.5 Å². The van der Waals surface area contributed by atoms with Gasteiger partial charge in [0.1, 0.15) is 23.2 Å². The zero-order valence-corrected chi connectivity index (χ0v) is 16.2. The molecular formula is C20H20F2N4O4. The number of aromatic nitrogens is 2. The molecule has 1 amide bonds. The molecule has 0 bridgehead atoms. The summed E-state index contributed by atoms with van der Waals surface area (Å²) in [6, 6.07) is 5.45. The Hall–Kier alpha value is -3.69. The lowest BCUT2D eigenvalue weighted by Crippen LogP contribution is -2.41. The van der Waals surface area contributed by atoms with Crippen LogP contribution >= 0.6 is 0 Å². The molecule has 0 unspecified atom stereocenters. The van der Waals surface area contributed by atoms with E-state index in [1.54, 1.807) is 12.1 Å². The lowest BCUT2D eigenvalue weighted by Gasteiger charge is -2.24. The Kier molecular flexibility index (Phi) is 6.14. The number of nitrogen functional groups attached to an aromatic ring is 1. The van der Waals surface area contributed by atoms with Crippen LogP contribution in [-0.2, 0) is 13.1 Å². The molecule has 0 aliphatic carbocycles. The van der Waals surface area contributed by atoms with Gasteiger partial charge in [0.15, 0.2) is 5.69 Å². The Balaban J connectivity index is 2.17. The number of unbranched alkanes of at least 4 members (excludes halogenated alkanes) is 1. The number of halogens is 2. The molecule has 0 saturated heterocycles. The largest absolute Gasteiger partial charge is 0.467 e. The van der Waals surface area contributed by atoms with E-state index in [1.807, 2.05) is 6.92 Å². The van der Waals surface area contributed by atoms with Crippen LogP contribution in [0.25, 0.3) is 0 Å². The molecule has 0 atom stereocenters. The van der Waals surface area contributed by atoms with Crippen molar-refractivity contribution in [3.05, 3.63) is 80.4 Å². The minimum atomic E-state index is -0.953. The van der Waals surface area contributed by atoms with Crippen molar-refractivity contribution in [2.75, 3.05) is 10.6 Å². The highest BCUT2D eigenvalue weighted by atomic mass is 19.1. The van der Waals surface area contributed by atoms with Gasteiger partial charge in [-0.1, -0.05) is 13.3 Å². The summed E-state index contributed by atoms with van der Waals surface area (Å²) in [6.07, 6.45) is 2.74. The van der Waals surface area contributed by atoms with Crippen molar-refractivity contribution < 1.29 is 18.0 Å². The summed E-state index contributed by atoms with van der Waals surface area (Å²) in [5, 5.41) is 0. The van der Waals surface area contributed by atoms with E-state index in [1.165, 1.54) is 6.26 Å². The fourth-order valence-corrected chi connectivity index (χ4v) is 3.02. The van der Waals surface area contributed by atoms with Gasteiger partial charge in [-0.25, -0.2) is 13.6 Å². The molecular weight excluding hydrogens is 398 g/mol. The van der Waals surface area contributed by atoms with E-state index in [0.717, 1.165) is 28.0 Å². The molecule has 0 aliphatic rings. The highest BCUT2D eigenvalue weighted by Crippen LogP contribution is 2.23. The second-order valence-electron chi connectivity index (χ2n) is 6.63. The van der Waals surface area contributed by atoms with Crippen molar-refractivity contribution in [2.45, 2.75) is 32.9 Å². The van der Waals surface area contributed by atoms with Gasteiger partial charge in [-0.15, -0.1) is 0 Å². The first-order chi connectivity index (χ1) is 14.3. The zero-order valence-electron chi connectivity index (χ0n) is 16.2. The maximum Gasteiger partial charge on any atom is 0.330 e. The van der Waals surface area contributed by atoms with E-state index < -0.39 is 28.8 Å². The van der Waals surface area contributed by atoms with Crippen molar-refractivity contribution in [3.8, 4) is 0 Å². The Bertz CT molecular complexity index is 1150. The van der Waals surface area contributed by atoms with E-state index in [-0.39, 0.29) is 30.2 Å². The average Bonchev–Trinajstić information content (AvgIpc) is 3.18. The molecule has 0 aliphatic heterocycles. The molecule has 2 heterocycles. The van der Waals surface area contributed by atoms with Crippen LogP contribution in [0.2, 0.25) is 0 Å². The van der Waals surface area contributed by atoms with Crippen LogP contribution in [0.4, 0.5) is 20.3 Å². The molecule has 1 aromatic carbocycles. The van der Waals surface area contributed by atoms with Crippen molar-refractivity contribution in [1.29, 1.82) is 0 Å². The van der Waals surface area contributed by atoms with Crippen molar-refractivity contribution >= 4 is 17.4 Å². The number of hydrogen-bond acceptors (Lipinski definition) is 5. The number of nitrogens with one attached hydrogen (secondary N) is 1. The Morgan fingerprint density at radius 3 is 2.53 bits per heavy atom. The third kappa shape index (κ3) is 4.32. The maximum atomic E-state index is 13.7. The summed E-state index contributed by atoms with van der Waals surface area (Å²) < 4.78 is 33.8. The van der Waals surface area contributed by atoms with E-state index in [4.69, 9.17) is 10.2 Å². The first kappa shape index (κ1) is 21.0. The number of aromatic amines is 1. The number of H-pyrrole nitrogens is 1. The molecule has 3 rings (SSSR count). The third-order valence-electron chi connectivity index (χ3n) is 4.47. The SMILES string of the molecule is CCCCn1c(N)c(N(Cc2ccco2)C(=O)c2cc(F)cc(F)c2)c(=O)[nH]c1=O. The van der Waals surface area contributed by atoms with Crippen LogP contribution < -0.4 is 21.9 Å². The van der Waals surface area contributed by atoms with Gasteiger partial charge < -0.3 is 10.2 Å². The topological polar surface area (TPSA) is 114 Å². The summed E-state index contributed by atoms with van der Waals surface area (Å²) in [7, 11) is 0. The van der Waals surface area contributed by atoms with Crippen LogP contribution in [0.5, 0.6) is 0 Å². The summed E-state index contributed by atoms with van der Waals surface area (Å²) in [5.41, 5.74) is 3.85. The molecule has 0 saturated carbocycles. The number of amides is 1. The molecule has 158 valence electrons. The smallest absolute Gasteiger partial charge is 0.330 e. The fraction of sp³-hybridized carbons (Fsp3) is 0.250. The lowest BCUT2D eigenvalue weighted by atomic mass is 10.1. The average molecular weight is 418 g/mol. The predicted octanol–water partition coefficient (Wildman–Crippen LogP) is 2.64. The zero-order chi connectivity index (χ0) is 21.8. The molecule has 30 heavy (non-hydrogen) atoms. The second kappa shape index (κ2) is 8.76. The predicted molar refractivity (Wildman–Crippen MR) is 106 cm³/mol.